The molecule has 0 aliphatic heterocycles. The molecule has 0 bridgehead atoms. The van der Waals surface area contributed by atoms with E-state index >= 15 is 0 Å². The Hall–Kier alpha value is -1.42. The van der Waals surface area contributed by atoms with Crippen LogP contribution in [-0.2, 0) is 28.6 Å². The van der Waals surface area contributed by atoms with Crippen molar-refractivity contribution in [1.82, 2.24) is 9.78 Å². The van der Waals surface area contributed by atoms with E-state index in [9.17, 15) is 18.0 Å². The van der Waals surface area contributed by atoms with Crippen LogP contribution in [0.15, 0.2) is 34.4 Å². The summed E-state index contributed by atoms with van der Waals surface area (Å²) in [5, 5.41) is 7.40. The minimum absolute atomic E-state index is 0.162. The van der Waals surface area contributed by atoms with Gasteiger partial charge in [0.15, 0.2) is 5.69 Å². The molecule has 0 unspecified atom stereocenters. The summed E-state index contributed by atoms with van der Waals surface area (Å²) in [6.45, 7) is 0. The molecule has 0 N–H and O–H groups in total. The van der Waals surface area contributed by atoms with Gasteiger partial charge in [0.25, 0.3) is 0 Å². The van der Waals surface area contributed by atoms with Gasteiger partial charge in [0.2, 0.25) is 4.84 Å². The summed E-state index contributed by atoms with van der Waals surface area (Å²) in [7, 11) is 1.36. The van der Waals surface area contributed by atoms with Gasteiger partial charge in [-0.15, -0.1) is 11.8 Å². The first-order valence-corrected chi connectivity index (χ1v) is 9.37. The number of rotatable bonds is 6. The molecule has 12 heteroatoms. The summed E-state index contributed by atoms with van der Waals surface area (Å²) in [4.78, 5) is 14.0. The molecule has 2 rings (SSSR count). The maximum atomic E-state index is 13.3. The SMILES string of the molecule is Cn1nc(C(F)(F)F)c(/C=N/OC(=O)C(Cl)Cl)c1SCc1ccccc1Cl. The zero-order valence-corrected chi connectivity index (χ0v) is 16.6. The summed E-state index contributed by atoms with van der Waals surface area (Å²) < 4.78 is 40.9. The highest BCUT2D eigenvalue weighted by atomic mass is 35.5. The highest BCUT2D eigenvalue weighted by Gasteiger charge is 2.38. The van der Waals surface area contributed by atoms with Crippen LogP contribution in [0.3, 0.4) is 0 Å². The number of oxime groups is 1. The number of hydrogen-bond donors (Lipinski definition) is 0. The molecule has 0 aliphatic carbocycles. The van der Waals surface area contributed by atoms with Gasteiger partial charge in [0.1, 0.15) is 5.03 Å². The molecule has 5 nitrogen and oxygen atoms in total. The van der Waals surface area contributed by atoms with Gasteiger partial charge in [-0.2, -0.15) is 18.3 Å². The van der Waals surface area contributed by atoms with Gasteiger partial charge in [-0.05, 0) is 11.6 Å². The van der Waals surface area contributed by atoms with Crippen molar-refractivity contribution in [3.63, 3.8) is 0 Å². The minimum Gasteiger partial charge on any atom is -0.315 e. The van der Waals surface area contributed by atoms with Crippen LogP contribution in [-0.4, -0.2) is 26.8 Å². The van der Waals surface area contributed by atoms with Crippen LogP contribution in [0.2, 0.25) is 5.02 Å². The third kappa shape index (κ3) is 5.78. The number of benzene rings is 1. The number of hydrogen-bond acceptors (Lipinski definition) is 5. The minimum atomic E-state index is -4.73. The molecule has 0 fully saturated rings. The first-order valence-electron chi connectivity index (χ1n) is 7.14. The Balaban J connectivity index is 2.32. The molecule has 0 spiro atoms. The van der Waals surface area contributed by atoms with Crippen LogP contribution in [0.25, 0.3) is 0 Å². The molecule has 0 saturated carbocycles. The van der Waals surface area contributed by atoms with Crippen molar-refractivity contribution >= 4 is 58.7 Å². The average Bonchev–Trinajstić information content (AvgIpc) is 2.90. The second-order valence-corrected chi connectivity index (χ2v) is 7.48. The summed E-state index contributed by atoms with van der Waals surface area (Å²) >= 11 is 17.7. The van der Waals surface area contributed by atoms with E-state index in [2.05, 4.69) is 15.1 Å². The van der Waals surface area contributed by atoms with Gasteiger partial charge in [-0.25, -0.2) is 4.79 Å². The fourth-order valence-electron chi connectivity index (χ4n) is 1.95. The van der Waals surface area contributed by atoms with Crippen LogP contribution < -0.4 is 0 Å². The molecule has 2 aromatic rings. The molecule has 27 heavy (non-hydrogen) atoms. The Labute approximate surface area is 171 Å². The number of aromatic nitrogens is 2. The molecule has 0 aliphatic rings. The van der Waals surface area contributed by atoms with Gasteiger partial charge in [-0.3, -0.25) is 4.68 Å². The Bertz CT molecular complexity index is 857. The van der Waals surface area contributed by atoms with Gasteiger partial charge in [0, 0.05) is 17.8 Å². The molecule has 0 radical (unpaired) electrons. The third-order valence-corrected chi connectivity index (χ3v) is 5.06. The Morgan fingerprint density at radius 2 is 2.07 bits per heavy atom. The molecular weight excluding hydrogens is 450 g/mol. The molecular formula is C15H11Cl3F3N3O2S. The first kappa shape index (κ1) is 21.9. The number of carbonyl (C=O) groups excluding carboxylic acids is 1. The van der Waals surface area contributed by atoms with E-state index in [1.165, 1.54) is 7.05 Å². The van der Waals surface area contributed by atoms with E-state index in [0.717, 1.165) is 28.2 Å². The van der Waals surface area contributed by atoms with Crippen molar-refractivity contribution in [3.05, 3.63) is 46.1 Å². The van der Waals surface area contributed by atoms with E-state index in [4.69, 9.17) is 34.8 Å². The van der Waals surface area contributed by atoms with Crippen LogP contribution in [0, 0.1) is 0 Å². The van der Waals surface area contributed by atoms with Gasteiger partial charge < -0.3 is 4.84 Å². The van der Waals surface area contributed by atoms with Gasteiger partial charge in [-0.1, -0.05) is 58.2 Å². The summed E-state index contributed by atoms with van der Waals surface area (Å²) in [5.74, 6) is -0.819. The van der Waals surface area contributed by atoms with Crippen molar-refractivity contribution in [2.24, 2.45) is 12.2 Å². The number of carbonyl (C=O) groups is 1. The zero-order valence-electron chi connectivity index (χ0n) is 13.5. The van der Waals surface area contributed by atoms with Crippen LogP contribution >= 0.6 is 46.6 Å². The number of thioether (sulfide) groups is 1. The fourth-order valence-corrected chi connectivity index (χ4v) is 3.39. The van der Waals surface area contributed by atoms with E-state index in [-0.39, 0.29) is 10.6 Å². The third-order valence-electron chi connectivity index (χ3n) is 3.12. The lowest BCUT2D eigenvalue weighted by molar-refractivity contribution is -0.141. The van der Waals surface area contributed by atoms with Crippen LogP contribution in [0.5, 0.6) is 0 Å². The van der Waals surface area contributed by atoms with Gasteiger partial charge in [0.05, 0.1) is 11.8 Å². The molecule has 146 valence electrons. The van der Waals surface area contributed by atoms with Crippen molar-refractivity contribution in [2.45, 2.75) is 21.8 Å². The summed E-state index contributed by atoms with van der Waals surface area (Å²) in [6.07, 6.45) is -3.98. The Kier molecular flexibility index (Phi) is 7.44. The van der Waals surface area contributed by atoms with Gasteiger partial charge >= 0.3 is 12.1 Å². The topological polar surface area (TPSA) is 56.5 Å². The molecule has 1 aromatic carbocycles. The smallest absolute Gasteiger partial charge is 0.315 e. The maximum absolute atomic E-state index is 13.3. The van der Waals surface area contributed by atoms with Crippen molar-refractivity contribution < 1.29 is 22.8 Å². The average molecular weight is 461 g/mol. The predicted octanol–water partition coefficient (Wildman–Crippen LogP) is 5.07. The number of halogens is 6. The lowest BCUT2D eigenvalue weighted by atomic mass is 10.2. The standard InChI is InChI=1S/C15H11Cl3F3N3O2S/c1-24-13(27-7-8-4-2-3-5-10(8)16)9(11(23-24)15(19,20)21)6-22-26-14(25)12(17)18/h2-6,12H,7H2,1H3/b22-6+. The second-order valence-electron chi connectivity index (χ2n) is 5.01. The monoisotopic (exact) mass is 459 g/mol. The van der Waals surface area contributed by atoms with E-state index in [1.54, 1.807) is 24.3 Å². The molecule has 0 atom stereocenters. The quantitative estimate of drug-likeness (QED) is 0.199. The molecule has 0 amide bonds. The zero-order chi connectivity index (χ0) is 20.2. The summed E-state index contributed by atoms with van der Waals surface area (Å²) in [5.41, 5.74) is -0.782. The lowest BCUT2D eigenvalue weighted by Gasteiger charge is -2.06. The highest BCUT2D eigenvalue weighted by molar-refractivity contribution is 7.98. The first-order chi connectivity index (χ1) is 12.6. The van der Waals surface area contributed by atoms with E-state index in [0.29, 0.717) is 10.8 Å². The Morgan fingerprint density at radius 1 is 1.41 bits per heavy atom. The maximum Gasteiger partial charge on any atom is 0.435 e. The van der Waals surface area contributed by atoms with Crippen LogP contribution in [0.1, 0.15) is 16.8 Å². The largest absolute Gasteiger partial charge is 0.435 e. The highest BCUT2D eigenvalue weighted by Crippen LogP contribution is 2.36. The predicted molar refractivity (Wildman–Crippen MR) is 98.4 cm³/mol. The van der Waals surface area contributed by atoms with Crippen molar-refractivity contribution in [1.29, 1.82) is 0 Å². The molecule has 0 saturated heterocycles. The number of aryl methyl sites for hydroxylation is 1. The van der Waals surface area contributed by atoms with E-state index in [1.807, 2.05) is 0 Å². The molecule has 1 aromatic heterocycles. The second kappa shape index (κ2) is 9.18. The number of nitrogens with zero attached hydrogens (tertiary/aromatic N) is 3. The Morgan fingerprint density at radius 3 is 2.67 bits per heavy atom. The van der Waals surface area contributed by atoms with Crippen molar-refractivity contribution in [3.8, 4) is 0 Å². The lowest BCUT2D eigenvalue weighted by Crippen LogP contribution is -2.11. The fraction of sp³-hybridized carbons (Fsp3) is 0.267. The van der Waals surface area contributed by atoms with Crippen LogP contribution in [0.4, 0.5) is 13.2 Å². The summed E-state index contributed by atoms with van der Waals surface area (Å²) in [6, 6.07) is 6.95. The number of alkyl halides is 5. The van der Waals surface area contributed by atoms with E-state index < -0.39 is 22.7 Å². The normalized spacial score (nSPS) is 12.1. The molecule has 1 heterocycles. The van der Waals surface area contributed by atoms with Crippen molar-refractivity contribution in [2.75, 3.05) is 0 Å².